The van der Waals surface area contributed by atoms with Gasteiger partial charge in [0.2, 0.25) is 0 Å². The van der Waals surface area contributed by atoms with E-state index in [2.05, 4.69) is 76.9 Å². The van der Waals surface area contributed by atoms with Gasteiger partial charge in [-0.15, -0.1) is 11.3 Å². The van der Waals surface area contributed by atoms with E-state index in [9.17, 15) is 0 Å². The molecule has 1 aromatic carbocycles. The third kappa shape index (κ3) is 2.67. The van der Waals surface area contributed by atoms with Gasteiger partial charge in [0.25, 0.3) is 0 Å². The fourth-order valence-corrected chi connectivity index (χ4v) is 5.19. The van der Waals surface area contributed by atoms with E-state index < -0.39 is 0 Å². The topological polar surface area (TPSA) is 0 Å². The van der Waals surface area contributed by atoms with Crippen LogP contribution in [0.1, 0.15) is 32.0 Å². The summed E-state index contributed by atoms with van der Waals surface area (Å²) < 4.78 is 1.20. The average molecular weight is 374 g/mol. The number of thiophene rings is 1. The first kappa shape index (κ1) is 13.3. The molecule has 0 N–H and O–H groups in total. The van der Waals surface area contributed by atoms with Crippen molar-refractivity contribution >= 4 is 43.2 Å². The molecule has 90 valence electrons. The van der Waals surface area contributed by atoms with Crippen LogP contribution >= 0.6 is 43.2 Å². The van der Waals surface area contributed by atoms with E-state index in [-0.39, 0.29) is 4.83 Å². The van der Waals surface area contributed by atoms with Gasteiger partial charge >= 0.3 is 0 Å². The summed E-state index contributed by atoms with van der Waals surface area (Å²) in [5, 5.41) is 0. The molecule has 0 aliphatic heterocycles. The SMILES string of the molecule is Cc1cccc(C)c1C(Br)c1cc(Br)sc1C. The van der Waals surface area contributed by atoms with Gasteiger partial charge in [0.1, 0.15) is 0 Å². The number of rotatable bonds is 2. The summed E-state index contributed by atoms with van der Waals surface area (Å²) in [6, 6.07) is 8.68. The van der Waals surface area contributed by atoms with E-state index in [0.717, 1.165) is 0 Å². The molecule has 1 unspecified atom stereocenters. The zero-order valence-electron chi connectivity index (χ0n) is 10.1. The van der Waals surface area contributed by atoms with Crippen molar-refractivity contribution < 1.29 is 0 Å². The Balaban J connectivity index is 2.51. The lowest BCUT2D eigenvalue weighted by molar-refractivity contribution is 1.11. The zero-order chi connectivity index (χ0) is 12.6. The summed E-state index contributed by atoms with van der Waals surface area (Å²) in [5.41, 5.74) is 5.43. The molecule has 0 amide bonds. The van der Waals surface area contributed by atoms with Gasteiger partial charge in [-0.05, 0) is 65.0 Å². The minimum atomic E-state index is 0.284. The Morgan fingerprint density at radius 3 is 2.18 bits per heavy atom. The first-order valence-corrected chi connectivity index (χ1v) is 7.99. The number of halogens is 2. The van der Waals surface area contributed by atoms with E-state index in [1.165, 1.54) is 30.9 Å². The Morgan fingerprint density at radius 2 is 1.71 bits per heavy atom. The van der Waals surface area contributed by atoms with Gasteiger partial charge in [0.05, 0.1) is 8.61 Å². The minimum Gasteiger partial charge on any atom is -0.133 e. The van der Waals surface area contributed by atoms with E-state index in [1.807, 2.05) is 0 Å². The van der Waals surface area contributed by atoms with Crippen LogP contribution in [0.3, 0.4) is 0 Å². The molecule has 0 spiro atoms. The summed E-state index contributed by atoms with van der Waals surface area (Å²) >= 11 is 9.19. The third-order valence-corrected chi connectivity index (χ3v) is 5.52. The Labute approximate surface area is 123 Å². The molecule has 17 heavy (non-hydrogen) atoms. The lowest BCUT2D eigenvalue weighted by Gasteiger charge is -2.16. The molecule has 0 aliphatic rings. The van der Waals surface area contributed by atoms with Gasteiger partial charge in [-0.1, -0.05) is 34.1 Å². The van der Waals surface area contributed by atoms with Crippen LogP contribution in [0.25, 0.3) is 0 Å². The van der Waals surface area contributed by atoms with Gasteiger partial charge in [0, 0.05) is 4.88 Å². The molecular weight excluding hydrogens is 360 g/mol. The maximum absolute atomic E-state index is 3.85. The predicted octanol–water partition coefficient (Wildman–Crippen LogP) is 5.92. The van der Waals surface area contributed by atoms with E-state index in [4.69, 9.17) is 0 Å². The highest BCUT2D eigenvalue weighted by atomic mass is 79.9. The molecule has 2 aromatic rings. The number of hydrogen-bond acceptors (Lipinski definition) is 1. The molecule has 2 rings (SSSR count). The van der Waals surface area contributed by atoms with Crippen LogP contribution in [0.4, 0.5) is 0 Å². The number of hydrogen-bond donors (Lipinski definition) is 0. The highest BCUT2D eigenvalue weighted by Gasteiger charge is 2.18. The van der Waals surface area contributed by atoms with Gasteiger partial charge in [-0.3, -0.25) is 0 Å². The van der Waals surface area contributed by atoms with Crippen molar-refractivity contribution in [3.8, 4) is 0 Å². The second-order valence-electron chi connectivity index (χ2n) is 4.23. The van der Waals surface area contributed by atoms with Crippen molar-refractivity contribution in [3.05, 3.63) is 55.2 Å². The van der Waals surface area contributed by atoms with Crippen LogP contribution in [0, 0.1) is 20.8 Å². The molecule has 0 saturated carbocycles. The molecule has 0 bridgehead atoms. The van der Waals surface area contributed by atoms with Crippen LogP contribution in [0.2, 0.25) is 0 Å². The monoisotopic (exact) mass is 372 g/mol. The quantitative estimate of drug-likeness (QED) is 0.573. The largest absolute Gasteiger partial charge is 0.133 e. The molecule has 1 heterocycles. The van der Waals surface area contributed by atoms with E-state index in [1.54, 1.807) is 11.3 Å². The maximum Gasteiger partial charge on any atom is 0.0704 e. The van der Waals surface area contributed by atoms with Gasteiger partial charge in [-0.25, -0.2) is 0 Å². The molecule has 1 atom stereocenters. The Bertz CT molecular complexity index is 523. The number of benzene rings is 1. The van der Waals surface area contributed by atoms with Crippen LogP contribution in [0.5, 0.6) is 0 Å². The first-order chi connectivity index (χ1) is 8.00. The van der Waals surface area contributed by atoms with Crippen LogP contribution < -0.4 is 0 Å². The second-order valence-corrected chi connectivity index (χ2v) is 7.78. The number of aryl methyl sites for hydroxylation is 3. The fraction of sp³-hybridized carbons (Fsp3) is 0.286. The lowest BCUT2D eigenvalue weighted by atomic mass is 9.96. The Hall–Kier alpha value is -0.120. The predicted molar refractivity (Wildman–Crippen MR) is 83.4 cm³/mol. The van der Waals surface area contributed by atoms with E-state index >= 15 is 0 Å². The standard InChI is InChI=1S/C14H14Br2S/c1-8-5-4-6-9(2)13(8)14(16)11-7-12(15)17-10(11)3/h4-7,14H,1-3H3. The fourth-order valence-electron chi connectivity index (χ4n) is 2.09. The lowest BCUT2D eigenvalue weighted by Crippen LogP contribution is -1.98. The zero-order valence-corrected chi connectivity index (χ0v) is 14.0. The first-order valence-electron chi connectivity index (χ1n) is 5.46. The van der Waals surface area contributed by atoms with Crippen LogP contribution in [-0.4, -0.2) is 0 Å². The average Bonchev–Trinajstić information content (AvgIpc) is 2.57. The summed E-state index contributed by atoms with van der Waals surface area (Å²) in [6.07, 6.45) is 0. The normalized spacial score (nSPS) is 12.8. The number of alkyl halides is 1. The molecule has 0 nitrogen and oxygen atoms in total. The molecule has 0 aliphatic carbocycles. The Morgan fingerprint density at radius 1 is 1.12 bits per heavy atom. The maximum atomic E-state index is 3.85. The molecule has 0 saturated heterocycles. The molecule has 0 radical (unpaired) electrons. The van der Waals surface area contributed by atoms with Crippen molar-refractivity contribution in [2.75, 3.05) is 0 Å². The highest BCUT2D eigenvalue weighted by molar-refractivity contribution is 9.11. The smallest absolute Gasteiger partial charge is 0.0704 e. The van der Waals surface area contributed by atoms with Crippen molar-refractivity contribution in [3.63, 3.8) is 0 Å². The third-order valence-electron chi connectivity index (χ3n) is 2.99. The minimum absolute atomic E-state index is 0.284. The Kier molecular flexibility index (Phi) is 4.11. The van der Waals surface area contributed by atoms with Gasteiger partial charge < -0.3 is 0 Å². The van der Waals surface area contributed by atoms with Crippen molar-refractivity contribution in [1.29, 1.82) is 0 Å². The molecule has 3 heteroatoms. The highest BCUT2D eigenvalue weighted by Crippen LogP contribution is 2.40. The van der Waals surface area contributed by atoms with Crippen LogP contribution in [0.15, 0.2) is 28.1 Å². The molecule has 0 fully saturated rings. The summed E-state index contributed by atoms with van der Waals surface area (Å²) in [7, 11) is 0. The van der Waals surface area contributed by atoms with Gasteiger partial charge in [0.15, 0.2) is 0 Å². The van der Waals surface area contributed by atoms with Crippen molar-refractivity contribution in [2.24, 2.45) is 0 Å². The molecular formula is C14H14Br2S. The van der Waals surface area contributed by atoms with Crippen molar-refractivity contribution in [1.82, 2.24) is 0 Å². The van der Waals surface area contributed by atoms with Gasteiger partial charge in [-0.2, -0.15) is 0 Å². The summed E-state index contributed by atoms with van der Waals surface area (Å²) in [5.74, 6) is 0. The summed E-state index contributed by atoms with van der Waals surface area (Å²) in [6.45, 7) is 6.52. The molecule has 1 aromatic heterocycles. The van der Waals surface area contributed by atoms with Crippen LogP contribution in [-0.2, 0) is 0 Å². The van der Waals surface area contributed by atoms with E-state index in [0.29, 0.717) is 0 Å². The second kappa shape index (κ2) is 5.25. The summed E-state index contributed by atoms with van der Waals surface area (Å²) in [4.78, 5) is 1.65. The van der Waals surface area contributed by atoms with Crippen molar-refractivity contribution in [2.45, 2.75) is 25.6 Å².